The number of rotatable bonds is 6. The van der Waals surface area contributed by atoms with Crippen molar-refractivity contribution in [1.29, 1.82) is 0 Å². The van der Waals surface area contributed by atoms with Gasteiger partial charge in [-0.2, -0.15) is 0 Å². The van der Waals surface area contributed by atoms with Crippen molar-refractivity contribution in [3.05, 3.63) is 17.5 Å². The Labute approximate surface area is 101 Å². The van der Waals surface area contributed by atoms with Crippen molar-refractivity contribution in [3.8, 4) is 0 Å². The van der Waals surface area contributed by atoms with Crippen LogP contribution in [0.5, 0.6) is 0 Å². The molecule has 4 nitrogen and oxygen atoms in total. The van der Waals surface area contributed by atoms with Crippen molar-refractivity contribution < 1.29 is 5.11 Å². The molecule has 90 valence electrons. The van der Waals surface area contributed by atoms with E-state index in [9.17, 15) is 0 Å². The van der Waals surface area contributed by atoms with Gasteiger partial charge < -0.3 is 10.4 Å². The third kappa shape index (κ3) is 4.33. The van der Waals surface area contributed by atoms with Crippen LogP contribution in [-0.4, -0.2) is 27.7 Å². The fraction of sp³-hybridized carbons (Fsp3) is 0.636. The van der Waals surface area contributed by atoms with Gasteiger partial charge >= 0.3 is 0 Å². The van der Waals surface area contributed by atoms with Gasteiger partial charge in [0.05, 0.1) is 12.4 Å². The molecule has 1 heterocycles. The normalized spacial score (nSPS) is 14.5. The molecule has 0 spiro atoms. The molecule has 0 saturated carbocycles. The summed E-state index contributed by atoms with van der Waals surface area (Å²) in [5, 5.41) is 12.7. The molecule has 0 bridgehead atoms. The third-order valence-electron chi connectivity index (χ3n) is 2.45. The van der Waals surface area contributed by atoms with Gasteiger partial charge in [0.2, 0.25) is 0 Å². The molecule has 0 aliphatic carbocycles. The standard InChI is InChI=1S/C11H18ClN3O/c1-3-9(4-8(2)7-16)14-11-6-13-5-10(12)15-11/h5-6,8-9,16H,3-4,7H2,1-2H3,(H,14,15)/t8-,9-/m1/s1. The Morgan fingerprint density at radius 2 is 2.25 bits per heavy atom. The van der Waals surface area contributed by atoms with Crippen LogP contribution in [-0.2, 0) is 0 Å². The summed E-state index contributed by atoms with van der Waals surface area (Å²) in [4.78, 5) is 8.09. The van der Waals surface area contributed by atoms with E-state index < -0.39 is 0 Å². The molecular formula is C11H18ClN3O. The Kier molecular flexibility index (Phi) is 5.49. The first-order chi connectivity index (χ1) is 7.65. The van der Waals surface area contributed by atoms with Gasteiger partial charge in [-0.1, -0.05) is 25.4 Å². The minimum atomic E-state index is 0.208. The molecule has 0 amide bonds. The number of hydrogen-bond donors (Lipinski definition) is 2. The van der Waals surface area contributed by atoms with E-state index in [1.54, 1.807) is 6.20 Å². The zero-order chi connectivity index (χ0) is 12.0. The van der Waals surface area contributed by atoms with Crippen molar-refractivity contribution in [2.75, 3.05) is 11.9 Å². The maximum absolute atomic E-state index is 9.01. The molecule has 1 rings (SSSR count). The van der Waals surface area contributed by atoms with Crippen molar-refractivity contribution in [3.63, 3.8) is 0 Å². The Bertz CT molecular complexity index is 322. The predicted molar refractivity (Wildman–Crippen MR) is 65.6 cm³/mol. The predicted octanol–water partition coefficient (Wildman–Crippen LogP) is 2.34. The number of anilines is 1. The monoisotopic (exact) mass is 243 g/mol. The fourth-order valence-corrected chi connectivity index (χ4v) is 1.66. The molecule has 0 fully saturated rings. The Morgan fingerprint density at radius 1 is 1.50 bits per heavy atom. The highest BCUT2D eigenvalue weighted by molar-refractivity contribution is 6.29. The van der Waals surface area contributed by atoms with Crippen LogP contribution < -0.4 is 5.32 Å². The number of aromatic nitrogens is 2. The highest BCUT2D eigenvalue weighted by atomic mass is 35.5. The van der Waals surface area contributed by atoms with Gasteiger partial charge in [0, 0.05) is 12.6 Å². The summed E-state index contributed by atoms with van der Waals surface area (Å²) in [6.07, 6.45) is 5.03. The molecule has 1 aromatic heterocycles. The molecule has 0 unspecified atom stereocenters. The number of halogens is 1. The van der Waals surface area contributed by atoms with E-state index in [1.165, 1.54) is 6.20 Å². The van der Waals surface area contributed by atoms with Crippen molar-refractivity contribution in [2.24, 2.45) is 5.92 Å². The Morgan fingerprint density at radius 3 is 2.81 bits per heavy atom. The highest BCUT2D eigenvalue weighted by Crippen LogP contribution is 2.14. The number of hydrogen-bond acceptors (Lipinski definition) is 4. The fourth-order valence-electron chi connectivity index (χ4n) is 1.51. The average molecular weight is 244 g/mol. The first kappa shape index (κ1) is 13.2. The lowest BCUT2D eigenvalue weighted by Gasteiger charge is -2.20. The maximum atomic E-state index is 9.01. The topological polar surface area (TPSA) is 58.0 Å². The van der Waals surface area contributed by atoms with Crippen molar-refractivity contribution in [2.45, 2.75) is 32.7 Å². The van der Waals surface area contributed by atoms with Gasteiger partial charge in [0.1, 0.15) is 11.0 Å². The number of aliphatic hydroxyl groups is 1. The van der Waals surface area contributed by atoms with E-state index in [4.69, 9.17) is 16.7 Å². The lowest BCUT2D eigenvalue weighted by atomic mass is 10.0. The first-order valence-electron chi connectivity index (χ1n) is 5.50. The van der Waals surface area contributed by atoms with Gasteiger partial charge in [-0.15, -0.1) is 0 Å². The van der Waals surface area contributed by atoms with E-state index in [0.717, 1.165) is 12.8 Å². The second-order valence-electron chi connectivity index (χ2n) is 4.00. The van der Waals surface area contributed by atoms with Crippen LogP contribution in [0.1, 0.15) is 26.7 Å². The van der Waals surface area contributed by atoms with Crippen LogP contribution >= 0.6 is 11.6 Å². The summed E-state index contributed by atoms with van der Waals surface area (Å²) < 4.78 is 0. The number of aliphatic hydroxyl groups excluding tert-OH is 1. The highest BCUT2D eigenvalue weighted by Gasteiger charge is 2.11. The molecule has 2 atom stereocenters. The summed E-state index contributed by atoms with van der Waals surface area (Å²) in [6, 6.07) is 0.287. The molecule has 2 N–H and O–H groups in total. The average Bonchev–Trinajstić information content (AvgIpc) is 2.28. The molecule has 0 aliphatic rings. The van der Waals surface area contributed by atoms with E-state index in [0.29, 0.717) is 11.0 Å². The Hall–Kier alpha value is -0.870. The van der Waals surface area contributed by atoms with Crippen molar-refractivity contribution in [1.82, 2.24) is 9.97 Å². The number of nitrogens with one attached hydrogen (secondary N) is 1. The second-order valence-corrected chi connectivity index (χ2v) is 4.39. The molecule has 16 heavy (non-hydrogen) atoms. The lowest BCUT2D eigenvalue weighted by Crippen LogP contribution is -2.23. The number of nitrogens with zero attached hydrogens (tertiary/aromatic N) is 2. The largest absolute Gasteiger partial charge is 0.396 e. The molecule has 1 aromatic rings. The van der Waals surface area contributed by atoms with Gasteiger partial charge in [0.25, 0.3) is 0 Å². The minimum Gasteiger partial charge on any atom is -0.396 e. The second kappa shape index (κ2) is 6.66. The summed E-state index contributed by atoms with van der Waals surface area (Å²) in [7, 11) is 0. The molecular weight excluding hydrogens is 226 g/mol. The SMILES string of the molecule is CC[C@H](C[C@@H](C)CO)Nc1cncc(Cl)n1. The Balaban J connectivity index is 2.56. The van der Waals surface area contributed by atoms with Gasteiger partial charge in [-0.25, -0.2) is 4.98 Å². The van der Waals surface area contributed by atoms with E-state index in [2.05, 4.69) is 22.2 Å². The lowest BCUT2D eigenvalue weighted by molar-refractivity contribution is 0.224. The summed E-state index contributed by atoms with van der Waals surface area (Å²) in [5.41, 5.74) is 0. The van der Waals surface area contributed by atoms with Crippen LogP contribution in [0.25, 0.3) is 0 Å². The van der Waals surface area contributed by atoms with Crippen LogP contribution in [0, 0.1) is 5.92 Å². The van der Waals surface area contributed by atoms with E-state index in [-0.39, 0.29) is 18.6 Å². The molecule has 0 saturated heterocycles. The maximum Gasteiger partial charge on any atom is 0.149 e. The van der Waals surface area contributed by atoms with Crippen molar-refractivity contribution >= 4 is 17.4 Å². The zero-order valence-corrected chi connectivity index (χ0v) is 10.4. The van der Waals surface area contributed by atoms with Crippen LogP contribution in [0.2, 0.25) is 5.15 Å². The third-order valence-corrected chi connectivity index (χ3v) is 2.63. The minimum absolute atomic E-state index is 0.208. The summed E-state index contributed by atoms with van der Waals surface area (Å²) in [5.74, 6) is 0.967. The van der Waals surface area contributed by atoms with Crippen LogP contribution in [0.4, 0.5) is 5.82 Å². The first-order valence-corrected chi connectivity index (χ1v) is 5.88. The van der Waals surface area contributed by atoms with Gasteiger partial charge in [-0.3, -0.25) is 4.98 Å². The summed E-state index contributed by atoms with van der Waals surface area (Å²) >= 11 is 5.75. The molecule has 0 aromatic carbocycles. The van der Waals surface area contributed by atoms with E-state index in [1.807, 2.05) is 6.92 Å². The zero-order valence-electron chi connectivity index (χ0n) is 9.65. The quantitative estimate of drug-likeness (QED) is 0.805. The molecule has 0 radical (unpaired) electrons. The smallest absolute Gasteiger partial charge is 0.149 e. The van der Waals surface area contributed by atoms with E-state index >= 15 is 0 Å². The van der Waals surface area contributed by atoms with Gasteiger partial charge in [0.15, 0.2) is 0 Å². The summed E-state index contributed by atoms with van der Waals surface area (Å²) in [6.45, 7) is 4.33. The van der Waals surface area contributed by atoms with Crippen LogP contribution in [0.3, 0.4) is 0 Å². The molecule has 0 aliphatic heterocycles. The van der Waals surface area contributed by atoms with Crippen LogP contribution in [0.15, 0.2) is 12.4 Å². The molecule has 5 heteroatoms. The van der Waals surface area contributed by atoms with Gasteiger partial charge in [-0.05, 0) is 18.8 Å².